The number of halogens is 1. The molecule has 2 rings (SSSR count). The molecule has 94 valence electrons. The minimum absolute atomic E-state index is 0.378. The molecule has 0 bridgehead atoms. The predicted octanol–water partition coefficient (Wildman–Crippen LogP) is 2.33. The molecule has 4 heteroatoms. The average Bonchev–Trinajstić information content (AvgIpc) is 2.34. The molecule has 1 aliphatic rings. The first-order valence-electron chi connectivity index (χ1n) is 6.09. The smallest absolute Gasteiger partial charge is 0.120 e. The van der Waals surface area contributed by atoms with Gasteiger partial charge in [0.1, 0.15) is 5.75 Å². The standard InChI is InChI=1S/C13H19BrN2O/c14-12-3-4-13(17)11(6-12)9-16-5-1-2-10(7-15)8-16/h3-4,6,10,17H,1-2,5,7-9,15H2. The largest absolute Gasteiger partial charge is 0.508 e. The van der Waals surface area contributed by atoms with Crippen LogP contribution in [0.5, 0.6) is 5.75 Å². The molecule has 0 saturated carbocycles. The number of phenols is 1. The Hall–Kier alpha value is -0.580. The molecule has 0 radical (unpaired) electrons. The lowest BCUT2D eigenvalue weighted by Crippen LogP contribution is -2.37. The highest BCUT2D eigenvalue weighted by molar-refractivity contribution is 9.10. The summed E-state index contributed by atoms with van der Waals surface area (Å²) in [5, 5.41) is 9.82. The third kappa shape index (κ3) is 3.44. The van der Waals surface area contributed by atoms with Crippen LogP contribution in [0.15, 0.2) is 22.7 Å². The van der Waals surface area contributed by atoms with E-state index in [-0.39, 0.29) is 0 Å². The number of likely N-dealkylation sites (tertiary alicyclic amines) is 1. The highest BCUT2D eigenvalue weighted by Gasteiger charge is 2.19. The Kier molecular flexibility index (Phi) is 4.42. The van der Waals surface area contributed by atoms with Crippen LogP contribution in [0.4, 0.5) is 0 Å². The van der Waals surface area contributed by atoms with Crippen molar-refractivity contribution in [1.82, 2.24) is 4.90 Å². The molecule has 0 amide bonds. The van der Waals surface area contributed by atoms with E-state index in [1.54, 1.807) is 6.07 Å². The molecule has 1 fully saturated rings. The van der Waals surface area contributed by atoms with Crippen molar-refractivity contribution in [3.8, 4) is 5.75 Å². The quantitative estimate of drug-likeness (QED) is 0.900. The second kappa shape index (κ2) is 5.85. The average molecular weight is 299 g/mol. The summed E-state index contributed by atoms with van der Waals surface area (Å²) in [6.45, 7) is 3.72. The lowest BCUT2D eigenvalue weighted by atomic mass is 9.98. The van der Waals surface area contributed by atoms with Crippen LogP contribution < -0.4 is 5.73 Å². The zero-order valence-electron chi connectivity index (χ0n) is 9.90. The molecule has 3 nitrogen and oxygen atoms in total. The zero-order chi connectivity index (χ0) is 12.3. The highest BCUT2D eigenvalue weighted by Crippen LogP contribution is 2.25. The molecule has 17 heavy (non-hydrogen) atoms. The van der Waals surface area contributed by atoms with Crippen LogP contribution in [0.1, 0.15) is 18.4 Å². The van der Waals surface area contributed by atoms with Crippen molar-refractivity contribution >= 4 is 15.9 Å². The molecule has 1 atom stereocenters. The van der Waals surface area contributed by atoms with Gasteiger partial charge in [-0.2, -0.15) is 0 Å². The Morgan fingerprint density at radius 2 is 2.29 bits per heavy atom. The van der Waals surface area contributed by atoms with Gasteiger partial charge < -0.3 is 10.8 Å². The summed E-state index contributed by atoms with van der Waals surface area (Å²) in [4.78, 5) is 2.38. The number of nitrogens with zero attached hydrogens (tertiary/aromatic N) is 1. The van der Waals surface area contributed by atoms with Crippen molar-refractivity contribution in [2.24, 2.45) is 11.7 Å². The Bertz CT molecular complexity index is 384. The molecule has 0 aromatic heterocycles. The Labute approximate surface area is 111 Å². The minimum atomic E-state index is 0.378. The number of hydrogen-bond acceptors (Lipinski definition) is 3. The van der Waals surface area contributed by atoms with Crippen LogP contribution in [0.25, 0.3) is 0 Å². The maximum Gasteiger partial charge on any atom is 0.120 e. The van der Waals surface area contributed by atoms with E-state index in [9.17, 15) is 5.11 Å². The van der Waals surface area contributed by atoms with Gasteiger partial charge in [0, 0.05) is 23.1 Å². The summed E-state index contributed by atoms with van der Waals surface area (Å²) < 4.78 is 1.01. The number of aromatic hydroxyl groups is 1. The highest BCUT2D eigenvalue weighted by atomic mass is 79.9. The van der Waals surface area contributed by atoms with Gasteiger partial charge in [0.2, 0.25) is 0 Å². The summed E-state index contributed by atoms with van der Waals surface area (Å²) in [5.74, 6) is 0.987. The van der Waals surface area contributed by atoms with E-state index in [0.717, 1.165) is 36.2 Å². The number of piperidine rings is 1. The van der Waals surface area contributed by atoms with Crippen LogP contribution in [0.2, 0.25) is 0 Å². The maximum absolute atomic E-state index is 9.82. The number of nitrogens with two attached hydrogens (primary N) is 1. The van der Waals surface area contributed by atoms with Crippen molar-refractivity contribution in [3.05, 3.63) is 28.2 Å². The van der Waals surface area contributed by atoms with Gasteiger partial charge in [-0.05, 0) is 50.0 Å². The summed E-state index contributed by atoms with van der Waals surface area (Å²) in [6, 6.07) is 5.59. The molecule has 1 aromatic rings. The van der Waals surface area contributed by atoms with Gasteiger partial charge in [0.25, 0.3) is 0 Å². The number of phenolic OH excluding ortho intramolecular Hbond substituents is 1. The minimum Gasteiger partial charge on any atom is -0.508 e. The van der Waals surface area contributed by atoms with E-state index in [1.807, 2.05) is 12.1 Å². The molecule has 1 unspecified atom stereocenters. The Morgan fingerprint density at radius 3 is 3.06 bits per heavy atom. The fourth-order valence-corrected chi connectivity index (χ4v) is 2.82. The molecule has 0 aliphatic carbocycles. The van der Waals surface area contributed by atoms with Crippen molar-refractivity contribution in [2.75, 3.05) is 19.6 Å². The molecular formula is C13H19BrN2O. The van der Waals surface area contributed by atoms with E-state index >= 15 is 0 Å². The van der Waals surface area contributed by atoms with Crippen molar-refractivity contribution < 1.29 is 5.11 Å². The SMILES string of the molecule is NCC1CCCN(Cc2cc(Br)ccc2O)C1. The lowest BCUT2D eigenvalue weighted by molar-refractivity contribution is 0.169. The molecule has 0 spiro atoms. The zero-order valence-corrected chi connectivity index (χ0v) is 11.5. The maximum atomic E-state index is 9.82. The van der Waals surface area contributed by atoms with Crippen LogP contribution in [0.3, 0.4) is 0 Å². The third-order valence-electron chi connectivity index (χ3n) is 3.37. The normalized spacial score (nSPS) is 21.6. The van der Waals surface area contributed by atoms with Gasteiger partial charge in [-0.3, -0.25) is 4.90 Å². The Morgan fingerprint density at radius 1 is 1.47 bits per heavy atom. The van der Waals surface area contributed by atoms with Crippen LogP contribution in [-0.4, -0.2) is 29.6 Å². The summed E-state index contributed by atoms with van der Waals surface area (Å²) >= 11 is 3.44. The van der Waals surface area contributed by atoms with E-state index in [1.165, 1.54) is 12.8 Å². The van der Waals surface area contributed by atoms with Crippen LogP contribution >= 0.6 is 15.9 Å². The van der Waals surface area contributed by atoms with Gasteiger partial charge in [0.05, 0.1) is 0 Å². The van der Waals surface area contributed by atoms with E-state index in [4.69, 9.17) is 5.73 Å². The van der Waals surface area contributed by atoms with Crippen LogP contribution in [0, 0.1) is 5.92 Å². The molecule has 1 aromatic carbocycles. The van der Waals surface area contributed by atoms with Gasteiger partial charge in [-0.25, -0.2) is 0 Å². The predicted molar refractivity (Wildman–Crippen MR) is 72.9 cm³/mol. The van der Waals surface area contributed by atoms with Gasteiger partial charge >= 0.3 is 0 Å². The Balaban J connectivity index is 2.02. The molecule has 1 aliphatic heterocycles. The fourth-order valence-electron chi connectivity index (χ4n) is 2.41. The van der Waals surface area contributed by atoms with Gasteiger partial charge in [-0.1, -0.05) is 15.9 Å². The lowest BCUT2D eigenvalue weighted by Gasteiger charge is -2.32. The third-order valence-corrected chi connectivity index (χ3v) is 3.87. The fraction of sp³-hybridized carbons (Fsp3) is 0.538. The van der Waals surface area contributed by atoms with E-state index in [0.29, 0.717) is 11.7 Å². The molecule has 1 saturated heterocycles. The first kappa shape index (κ1) is 12.9. The van der Waals surface area contributed by atoms with Crippen molar-refractivity contribution in [2.45, 2.75) is 19.4 Å². The number of hydrogen-bond donors (Lipinski definition) is 2. The summed E-state index contributed by atoms with van der Waals surface area (Å²) in [7, 11) is 0. The van der Waals surface area contributed by atoms with Gasteiger partial charge in [-0.15, -0.1) is 0 Å². The number of benzene rings is 1. The second-order valence-electron chi connectivity index (χ2n) is 4.75. The monoisotopic (exact) mass is 298 g/mol. The molecule has 3 N–H and O–H groups in total. The molecule has 1 heterocycles. The molecular weight excluding hydrogens is 280 g/mol. The van der Waals surface area contributed by atoms with Crippen molar-refractivity contribution in [1.29, 1.82) is 0 Å². The van der Waals surface area contributed by atoms with Crippen molar-refractivity contribution in [3.63, 3.8) is 0 Å². The van der Waals surface area contributed by atoms with Gasteiger partial charge in [0.15, 0.2) is 0 Å². The van der Waals surface area contributed by atoms with E-state index < -0.39 is 0 Å². The summed E-state index contributed by atoms with van der Waals surface area (Å²) in [5.41, 5.74) is 6.71. The topological polar surface area (TPSA) is 49.5 Å². The second-order valence-corrected chi connectivity index (χ2v) is 5.67. The van der Waals surface area contributed by atoms with E-state index in [2.05, 4.69) is 20.8 Å². The summed E-state index contributed by atoms with van der Waals surface area (Å²) in [6.07, 6.45) is 2.44. The van der Waals surface area contributed by atoms with Crippen LogP contribution in [-0.2, 0) is 6.54 Å². The first-order valence-corrected chi connectivity index (χ1v) is 6.88. The first-order chi connectivity index (χ1) is 8.19. The number of rotatable bonds is 3.